The third-order valence-electron chi connectivity index (χ3n) is 2.48. The van der Waals surface area contributed by atoms with Crippen molar-refractivity contribution in [3.8, 4) is 0 Å². The highest BCUT2D eigenvalue weighted by Crippen LogP contribution is 2.21. The summed E-state index contributed by atoms with van der Waals surface area (Å²) in [4.78, 5) is 11.7. The van der Waals surface area contributed by atoms with Crippen molar-refractivity contribution in [3.63, 3.8) is 0 Å². The summed E-state index contributed by atoms with van der Waals surface area (Å²) in [7, 11) is 1.76. The highest BCUT2D eigenvalue weighted by Gasteiger charge is 2.12. The Hall–Kier alpha value is -0.760. The van der Waals surface area contributed by atoms with Crippen molar-refractivity contribution in [1.82, 2.24) is 4.57 Å². The predicted octanol–water partition coefficient (Wildman–Crippen LogP) is 3.75. The SMILES string of the molecule is CC.CCc1cc(C(C)C)c(Cl)c(=O)n1C. The number of rotatable bonds is 2. The van der Waals surface area contributed by atoms with Crippen LogP contribution in [0, 0.1) is 0 Å². The van der Waals surface area contributed by atoms with Gasteiger partial charge in [-0.25, -0.2) is 0 Å². The normalized spacial score (nSPS) is 10.0. The third-order valence-corrected chi connectivity index (χ3v) is 2.86. The molecule has 1 rings (SSSR count). The molecule has 0 aliphatic carbocycles. The van der Waals surface area contributed by atoms with E-state index in [0.29, 0.717) is 10.9 Å². The Morgan fingerprint density at radius 2 is 1.88 bits per heavy atom. The van der Waals surface area contributed by atoms with E-state index in [2.05, 4.69) is 0 Å². The summed E-state index contributed by atoms with van der Waals surface area (Å²) >= 11 is 5.99. The minimum atomic E-state index is -0.0882. The van der Waals surface area contributed by atoms with Gasteiger partial charge >= 0.3 is 0 Å². The molecule has 0 amide bonds. The lowest BCUT2D eigenvalue weighted by Gasteiger charge is -2.13. The van der Waals surface area contributed by atoms with Gasteiger partial charge in [-0.15, -0.1) is 0 Å². The fourth-order valence-electron chi connectivity index (χ4n) is 1.50. The van der Waals surface area contributed by atoms with Crippen molar-refractivity contribution in [2.24, 2.45) is 7.05 Å². The van der Waals surface area contributed by atoms with Crippen LogP contribution in [-0.4, -0.2) is 4.57 Å². The van der Waals surface area contributed by atoms with Crippen LogP contribution in [0.4, 0.5) is 0 Å². The van der Waals surface area contributed by atoms with Crippen LogP contribution in [0.3, 0.4) is 0 Å². The summed E-state index contributed by atoms with van der Waals surface area (Å²) in [5.74, 6) is 0.293. The Labute approximate surface area is 103 Å². The number of hydrogen-bond acceptors (Lipinski definition) is 1. The van der Waals surface area contributed by atoms with Crippen LogP contribution in [0.5, 0.6) is 0 Å². The van der Waals surface area contributed by atoms with E-state index in [-0.39, 0.29) is 5.56 Å². The monoisotopic (exact) mass is 243 g/mol. The maximum atomic E-state index is 11.7. The highest BCUT2D eigenvalue weighted by molar-refractivity contribution is 6.31. The van der Waals surface area contributed by atoms with E-state index in [0.717, 1.165) is 17.7 Å². The van der Waals surface area contributed by atoms with Crippen molar-refractivity contribution in [2.75, 3.05) is 0 Å². The van der Waals surface area contributed by atoms with Gasteiger partial charge in [0.05, 0.1) is 0 Å². The van der Waals surface area contributed by atoms with Crippen molar-refractivity contribution in [1.29, 1.82) is 0 Å². The van der Waals surface area contributed by atoms with E-state index < -0.39 is 0 Å². The lowest BCUT2D eigenvalue weighted by molar-refractivity contribution is 0.759. The van der Waals surface area contributed by atoms with Crippen molar-refractivity contribution >= 4 is 11.6 Å². The summed E-state index contributed by atoms with van der Waals surface area (Å²) in [6, 6.07) is 2.02. The molecule has 0 saturated heterocycles. The summed E-state index contributed by atoms with van der Waals surface area (Å²) in [6.45, 7) is 10.1. The second-order valence-corrected chi connectivity index (χ2v) is 4.16. The zero-order chi connectivity index (χ0) is 12.9. The topological polar surface area (TPSA) is 22.0 Å². The van der Waals surface area contributed by atoms with Crippen molar-refractivity contribution < 1.29 is 0 Å². The van der Waals surface area contributed by atoms with Gasteiger partial charge in [0.15, 0.2) is 0 Å². The first-order chi connectivity index (χ1) is 7.49. The molecule has 16 heavy (non-hydrogen) atoms. The van der Waals surface area contributed by atoms with E-state index in [9.17, 15) is 4.79 Å². The smallest absolute Gasteiger partial charge is 0.269 e. The van der Waals surface area contributed by atoms with E-state index in [4.69, 9.17) is 11.6 Å². The molecule has 0 aromatic carbocycles. The second kappa shape index (κ2) is 6.74. The molecule has 0 atom stereocenters. The first-order valence-corrected chi connectivity index (χ1v) is 6.25. The van der Waals surface area contributed by atoms with E-state index in [1.54, 1.807) is 11.6 Å². The molecule has 2 nitrogen and oxygen atoms in total. The molecule has 0 unspecified atom stereocenters. The molecular formula is C13H22ClNO. The number of halogens is 1. The number of nitrogens with zero attached hydrogens (tertiary/aromatic N) is 1. The predicted molar refractivity (Wildman–Crippen MR) is 71.5 cm³/mol. The lowest BCUT2D eigenvalue weighted by Crippen LogP contribution is -2.22. The molecular weight excluding hydrogens is 222 g/mol. The first-order valence-electron chi connectivity index (χ1n) is 5.87. The maximum Gasteiger partial charge on any atom is 0.269 e. The Bertz CT molecular complexity index is 394. The Kier molecular flexibility index (Phi) is 6.42. The van der Waals surface area contributed by atoms with Crippen LogP contribution in [0.1, 0.15) is 51.8 Å². The van der Waals surface area contributed by atoms with Crippen LogP contribution in [-0.2, 0) is 13.5 Å². The summed E-state index contributed by atoms with van der Waals surface area (Å²) in [5, 5.41) is 0.361. The molecule has 0 fully saturated rings. The number of aromatic nitrogens is 1. The molecule has 0 radical (unpaired) electrons. The van der Waals surface area contributed by atoms with Gasteiger partial charge in [-0.3, -0.25) is 4.79 Å². The molecule has 3 heteroatoms. The standard InChI is InChI=1S/C11H16ClNO.C2H6/c1-5-8-6-9(7(2)3)10(12)11(14)13(8)4;1-2/h6-7H,5H2,1-4H3;1-2H3. The third kappa shape index (κ3) is 3.11. The molecule has 0 aliphatic heterocycles. The first kappa shape index (κ1) is 15.2. The molecule has 0 bridgehead atoms. The van der Waals surface area contributed by atoms with Crippen LogP contribution in [0.25, 0.3) is 0 Å². The van der Waals surface area contributed by atoms with E-state index >= 15 is 0 Å². The van der Waals surface area contributed by atoms with Gasteiger partial charge in [0.25, 0.3) is 5.56 Å². The molecule has 0 saturated carbocycles. The second-order valence-electron chi connectivity index (χ2n) is 3.78. The number of pyridine rings is 1. The largest absolute Gasteiger partial charge is 0.314 e. The van der Waals surface area contributed by atoms with Gasteiger partial charge in [-0.2, -0.15) is 0 Å². The Morgan fingerprint density at radius 1 is 1.38 bits per heavy atom. The van der Waals surface area contributed by atoms with E-state index in [1.807, 2.05) is 40.7 Å². The number of aryl methyl sites for hydroxylation is 1. The van der Waals surface area contributed by atoms with Crippen molar-refractivity contribution in [2.45, 2.75) is 47.0 Å². The van der Waals surface area contributed by atoms with Gasteiger partial charge < -0.3 is 4.57 Å². The summed E-state index contributed by atoms with van der Waals surface area (Å²) in [5.41, 5.74) is 1.89. The molecule has 0 aliphatic rings. The van der Waals surface area contributed by atoms with Gasteiger partial charge in [-0.05, 0) is 24.0 Å². The van der Waals surface area contributed by atoms with Gasteiger partial charge in [0.1, 0.15) is 5.02 Å². The summed E-state index contributed by atoms with van der Waals surface area (Å²) in [6.07, 6.45) is 0.850. The van der Waals surface area contributed by atoms with Gasteiger partial charge in [0.2, 0.25) is 0 Å². The number of hydrogen-bond donors (Lipinski definition) is 0. The zero-order valence-electron chi connectivity index (χ0n) is 11.1. The minimum Gasteiger partial charge on any atom is -0.314 e. The van der Waals surface area contributed by atoms with Crippen LogP contribution in [0.15, 0.2) is 10.9 Å². The molecule has 0 spiro atoms. The molecule has 1 aromatic rings. The van der Waals surface area contributed by atoms with E-state index in [1.165, 1.54) is 0 Å². The summed E-state index contributed by atoms with van der Waals surface area (Å²) < 4.78 is 1.62. The lowest BCUT2D eigenvalue weighted by atomic mass is 10.0. The van der Waals surface area contributed by atoms with Crippen LogP contribution < -0.4 is 5.56 Å². The Balaban J connectivity index is 0.00000106. The Morgan fingerprint density at radius 3 is 2.25 bits per heavy atom. The molecule has 92 valence electrons. The molecule has 0 N–H and O–H groups in total. The van der Waals surface area contributed by atoms with Gasteiger partial charge in [0, 0.05) is 12.7 Å². The maximum absolute atomic E-state index is 11.7. The van der Waals surface area contributed by atoms with Crippen LogP contribution >= 0.6 is 11.6 Å². The minimum absolute atomic E-state index is 0.0882. The quantitative estimate of drug-likeness (QED) is 0.776. The highest BCUT2D eigenvalue weighted by atomic mass is 35.5. The van der Waals surface area contributed by atoms with Gasteiger partial charge in [-0.1, -0.05) is 46.2 Å². The van der Waals surface area contributed by atoms with Crippen molar-refractivity contribution in [3.05, 3.63) is 32.7 Å². The fourth-order valence-corrected chi connectivity index (χ4v) is 1.90. The average molecular weight is 244 g/mol. The molecule has 1 heterocycles. The zero-order valence-corrected chi connectivity index (χ0v) is 11.9. The fraction of sp³-hybridized carbons (Fsp3) is 0.615. The molecule has 1 aromatic heterocycles. The average Bonchev–Trinajstić information content (AvgIpc) is 2.28. The van der Waals surface area contributed by atoms with Crippen LogP contribution in [0.2, 0.25) is 5.02 Å².